The molecule has 0 aromatic rings. The molecule has 4 atom stereocenters. The van der Waals surface area contributed by atoms with Gasteiger partial charge in [0.1, 0.15) is 0 Å². The van der Waals surface area contributed by atoms with Gasteiger partial charge in [-0.2, -0.15) is 0 Å². The average molecular weight is 243 g/mol. The predicted molar refractivity (Wildman–Crippen MR) is 68.4 cm³/mol. The van der Waals surface area contributed by atoms with Crippen molar-refractivity contribution in [2.45, 2.75) is 13.3 Å². The molecular formula is C15H17NO2. The summed E-state index contributed by atoms with van der Waals surface area (Å²) in [5.41, 5.74) is 0.927. The van der Waals surface area contributed by atoms with Crippen LogP contribution in [0.2, 0.25) is 0 Å². The molecule has 1 aliphatic heterocycles. The lowest BCUT2D eigenvalue weighted by molar-refractivity contribution is -0.140. The van der Waals surface area contributed by atoms with Gasteiger partial charge in [0.05, 0.1) is 11.8 Å². The topological polar surface area (TPSA) is 37.4 Å². The van der Waals surface area contributed by atoms with Crippen LogP contribution < -0.4 is 0 Å². The molecular weight excluding hydrogens is 226 g/mol. The van der Waals surface area contributed by atoms with Gasteiger partial charge in [0, 0.05) is 6.54 Å². The SMILES string of the molecule is C=C(C)C=CCN1C(=O)C2C3C=CC(C3)C2C1=O. The van der Waals surface area contributed by atoms with E-state index in [0.717, 1.165) is 12.0 Å². The molecule has 18 heavy (non-hydrogen) atoms. The lowest BCUT2D eigenvalue weighted by atomic mass is 9.85. The highest BCUT2D eigenvalue weighted by Gasteiger charge is 2.58. The summed E-state index contributed by atoms with van der Waals surface area (Å²) in [5.74, 6) is 0.482. The van der Waals surface area contributed by atoms with Crippen molar-refractivity contribution < 1.29 is 9.59 Å². The van der Waals surface area contributed by atoms with Crippen molar-refractivity contribution in [2.24, 2.45) is 23.7 Å². The average Bonchev–Trinajstić information content (AvgIpc) is 2.97. The van der Waals surface area contributed by atoms with Gasteiger partial charge in [-0.05, 0) is 25.2 Å². The zero-order chi connectivity index (χ0) is 12.9. The van der Waals surface area contributed by atoms with Crippen molar-refractivity contribution in [2.75, 3.05) is 6.54 Å². The molecule has 3 nitrogen and oxygen atoms in total. The van der Waals surface area contributed by atoms with Gasteiger partial charge in [-0.15, -0.1) is 0 Å². The van der Waals surface area contributed by atoms with Gasteiger partial charge in [0.15, 0.2) is 0 Å². The number of imide groups is 1. The highest BCUT2D eigenvalue weighted by molar-refractivity contribution is 6.06. The zero-order valence-electron chi connectivity index (χ0n) is 10.5. The van der Waals surface area contributed by atoms with Crippen LogP contribution in [0.3, 0.4) is 0 Å². The summed E-state index contributed by atoms with van der Waals surface area (Å²) in [4.78, 5) is 26.0. The Bertz CT molecular complexity index is 459. The maximum Gasteiger partial charge on any atom is 0.234 e. The second-order valence-corrected chi connectivity index (χ2v) is 5.54. The number of amides is 2. The molecule has 2 bridgehead atoms. The summed E-state index contributed by atoms with van der Waals surface area (Å²) >= 11 is 0. The molecule has 0 radical (unpaired) electrons. The Morgan fingerprint density at radius 2 is 1.89 bits per heavy atom. The lowest BCUT2D eigenvalue weighted by Crippen LogP contribution is -2.33. The molecule has 3 aliphatic rings. The van der Waals surface area contributed by atoms with E-state index >= 15 is 0 Å². The molecule has 1 heterocycles. The van der Waals surface area contributed by atoms with Crippen molar-refractivity contribution in [3.8, 4) is 0 Å². The lowest BCUT2D eigenvalue weighted by Gasteiger charge is -2.14. The Labute approximate surface area is 107 Å². The van der Waals surface area contributed by atoms with Gasteiger partial charge < -0.3 is 0 Å². The van der Waals surface area contributed by atoms with Gasteiger partial charge in [0.2, 0.25) is 11.8 Å². The molecule has 94 valence electrons. The largest absolute Gasteiger partial charge is 0.278 e. The van der Waals surface area contributed by atoms with Crippen LogP contribution in [0.5, 0.6) is 0 Å². The third-order valence-electron chi connectivity index (χ3n) is 4.25. The second kappa shape index (κ2) is 3.94. The van der Waals surface area contributed by atoms with E-state index in [4.69, 9.17) is 0 Å². The predicted octanol–water partition coefficient (Wildman–Crippen LogP) is 1.93. The molecule has 2 aliphatic carbocycles. The summed E-state index contributed by atoms with van der Waals surface area (Å²) in [6, 6.07) is 0. The molecule has 0 aromatic carbocycles. The van der Waals surface area contributed by atoms with Crippen molar-refractivity contribution in [1.29, 1.82) is 0 Å². The number of hydrogen-bond acceptors (Lipinski definition) is 2. The maximum atomic E-state index is 12.3. The van der Waals surface area contributed by atoms with Crippen LogP contribution in [0, 0.1) is 23.7 Å². The number of carbonyl (C=O) groups excluding carboxylic acids is 2. The highest BCUT2D eigenvalue weighted by Crippen LogP contribution is 2.52. The first-order valence-electron chi connectivity index (χ1n) is 6.45. The van der Waals surface area contributed by atoms with Crippen LogP contribution in [0.1, 0.15) is 13.3 Å². The minimum atomic E-state index is -0.0780. The summed E-state index contributed by atoms with van der Waals surface area (Å²) in [6.45, 7) is 6.04. The molecule has 0 aromatic heterocycles. The standard InChI is InChI=1S/C15H17NO2/c1-9(2)4-3-7-16-14(17)12-10-5-6-11(8-10)13(12)15(16)18/h3-6,10-13H,1,7-8H2,2H3. The van der Waals surface area contributed by atoms with E-state index in [1.807, 2.05) is 19.1 Å². The summed E-state index contributed by atoms with van der Waals surface area (Å²) < 4.78 is 0. The number of carbonyl (C=O) groups is 2. The molecule has 0 spiro atoms. The Morgan fingerprint density at radius 1 is 1.33 bits per heavy atom. The zero-order valence-corrected chi connectivity index (χ0v) is 10.5. The van der Waals surface area contributed by atoms with E-state index in [1.54, 1.807) is 0 Å². The first kappa shape index (κ1) is 11.5. The molecule has 1 saturated heterocycles. The van der Waals surface area contributed by atoms with E-state index in [1.165, 1.54) is 4.90 Å². The fourth-order valence-corrected chi connectivity index (χ4v) is 3.50. The monoisotopic (exact) mass is 243 g/mol. The van der Waals surface area contributed by atoms with Crippen LogP contribution in [0.4, 0.5) is 0 Å². The molecule has 2 fully saturated rings. The first-order valence-corrected chi connectivity index (χ1v) is 6.45. The second-order valence-electron chi connectivity index (χ2n) is 5.54. The highest BCUT2D eigenvalue weighted by atomic mass is 16.2. The number of fused-ring (bicyclic) bond motifs is 5. The molecule has 3 heteroatoms. The van der Waals surface area contributed by atoms with E-state index < -0.39 is 0 Å². The van der Waals surface area contributed by atoms with Crippen LogP contribution in [0.15, 0.2) is 36.5 Å². The van der Waals surface area contributed by atoms with Gasteiger partial charge in [-0.25, -0.2) is 0 Å². The van der Waals surface area contributed by atoms with Gasteiger partial charge in [0.25, 0.3) is 0 Å². The molecule has 0 N–H and O–H groups in total. The van der Waals surface area contributed by atoms with Gasteiger partial charge in [-0.3, -0.25) is 14.5 Å². The Hall–Kier alpha value is -1.64. The Kier molecular flexibility index (Phi) is 2.51. The van der Waals surface area contributed by atoms with E-state index in [-0.39, 0.29) is 23.7 Å². The van der Waals surface area contributed by atoms with Crippen molar-refractivity contribution in [1.82, 2.24) is 4.90 Å². The van der Waals surface area contributed by atoms with Gasteiger partial charge >= 0.3 is 0 Å². The third-order valence-corrected chi connectivity index (χ3v) is 4.25. The van der Waals surface area contributed by atoms with Crippen LogP contribution in [-0.4, -0.2) is 23.3 Å². The fourth-order valence-electron chi connectivity index (χ4n) is 3.50. The van der Waals surface area contributed by atoms with Crippen molar-refractivity contribution in [3.63, 3.8) is 0 Å². The summed E-state index contributed by atoms with van der Waals surface area (Å²) in [7, 11) is 0. The van der Waals surface area contributed by atoms with E-state index in [0.29, 0.717) is 18.4 Å². The van der Waals surface area contributed by atoms with Crippen LogP contribution in [0.25, 0.3) is 0 Å². The first-order chi connectivity index (χ1) is 8.59. The van der Waals surface area contributed by atoms with Crippen molar-refractivity contribution >= 4 is 11.8 Å². The quantitative estimate of drug-likeness (QED) is 0.431. The molecule has 1 saturated carbocycles. The minimum absolute atomic E-state index is 0.0215. The Balaban J connectivity index is 1.78. The number of allylic oxidation sites excluding steroid dienone is 4. The fraction of sp³-hybridized carbons (Fsp3) is 0.467. The smallest absolute Gasteiger partial charge is 0.234 e. The molecule has 2 amide bonds. The molecule has 4 unspecified atom stereocenters. The van der Waals surface area contributed by atoms with Gasteiger partial charge in [-0.1, -0.05) is 36.5 Å². The number of likely N-dealkylation sites (tertiary alicyclic amines) is 1. The van der Waals surface area contributed by atoms with Crippen LogP contribution >= 0.6 is 0 Å². The summed E-state index contributed by atoms with van der Waals surface area (Å²) in [6.07, 6.45) is 8.91. The van der Waals surface area contributed by atoms with E-state index in [9.17, 15) is 9.59 Å². The van der Waals surface area contributed by atoms with Crippen LogP contribution in [-0.2, 0) is 9.59 Å². The number of hydrogen-bond donors (Lipinski definition) is 0. The molecule has 3 rings (SSSR count). The summed E-state index contributed by atoms with van der Waals surface area (Å²) in [5, 5.41) is 0. The Morgan fingerprint density at radius 3 is 2.39 bits per heavy atom. The normalized spacial score (nSPS) is 37.1. The third kappa shape index (κ3) is 1.50. The van der Waals surface area contributed by atoms with E-state index in [2.05, 4.69) is 18.7 Å². The number of rotatable bonds is 3. The maximum absolute atomic E-state index is 12.3. The minimum Gasteiger partial charge on any atom is -0.278 e. The van der Waals surface area contributed by atoms with Crippen molar-refractivity contribution in [3.05, 3.63) is 36.5 Å². The number of nitrogens with zero attached hydrogens (tertiary/aromatic N) is 1.